The first-order chi connectivity index (χ1) is 12.9. The molecule has 1 heterocycles. The lowest BCUT2D eigenvalue weighted by atomic mass is 9.96. The number of halogens is 1. The standard InChI is InChI=1S/C20H23ClO6/c1-26-14-5-2-11(3-6-14)8-13-9-12(4-7-15(13)21)19-17(24)18(25)20(27-19)16(23)10-22/h2-7,9,16-20,22-25H,8,10H2,1H3/t16-,17+,18+,19-,20+/m0/s1. The van der Waals surface area contributed by atoms with Gasteiger partial charge in [0.25, 0.3) is 0 Å². The third-order valence-corrected chi connectivity index (χ3v) is 5.19. The van der Waals surface area contributed by atoms with Crippen LogP contribution in [0.2, 0.25) is 5.02 Å². The van der Waals surface area contributed by atoms with Crippen molar-refractivity contribution in [3.63, 3.8) is 0 Å². The van der Waals surface area contributed by atoms with Gasteiger partial charge < -0.3 is 29.9 Å². The zero-order chi connectivity index (χ0) is 19.6. The van der Waals surface area contributed by atoms with E-state index in [1.54, 1.807) is 19.2 Å². The maximum Gasteiger partial charge on any atom is 0.118 e. The fourth-order valence-corrected chi connectivity index (χ4v) is 3.46. The average molecular weight is 395 g/mol. The monoisotopic (exact) mass is 394 g/mol. The highest BCUT2D eigenvalue weighted by Crippen LogP contribution is 2.36. The topological polar surface area (TPSA) is 99.4 Å². The molecule has 146 valence electrons. The number of hydrogen-bond donors (Lipinski definition) is 4. The molecular formula is C20H23ClO6. The molecule has 0 spiro atoms. The largest absolute Gasteiger partial charge is 0.497 e. The molecule has 2 aromatic carbocycles. The Hall–Kier alpha value is -1.67. The third kappa shape index (κ3) is 4.27. The Bertz CT molecular complexity index is 766. The van der Waals surface area contributed by atoms with E-state index in [1.807, 2.05) is 30.3 Å². The molecule has 27 heavy (non-hydrogen) atoms. The lowest BCUT2D eigenvalue weighted by molar-refractivity contribution is -0.0820. The van der Waals surface area contributed by atoms with E-state index in [9.17, 15) is 15.3 Å². The van der Waals surface area contributed by atoms with Crippen molar-refractivity contribution < 1.29 is 29.9 Å². The number of hydrogen-bond acceptors (Lipinski definition) is 6. The fourth-order valence-electron chi connectivity index (χ4n) is 3.27. The summed E-state index contributed by atoms with van der Waals surface area (Å²) in [4.78, 5) is 0. The summed E-state index contributed by atoms with van der Waals surface area (Å²) >= 11 is 6.33. The smallest absolute Gasteiger partial charge is 0.118 e. The zero-order valence-electron chi connectivity index (χ0n) is 14.8. The van der Waals surface area contributed by atoms with Gasteiger partial charge in [0.2, 0.25) is 0 Å². The van der Waals surface area contributed by atoms with Gasteiger partial charge in [0.1, 0.15) is 36.3 Å². The summed E-state index contributed by atoms with van der Waals surface area (Å²) in [6, 6.07) is 12.9. The Kier molecular flexibility index (Phi) is 6.37. The Labute approximate surface area is 162 Å². The number of ether oxygens (including phenoxy) is 2. The molecule has 0 saturated carbocycles. The van der Waals surface area contributed by atoms with E-state index in [1.165, 1.54) is 0 Å². The van der Waals surface area contributed by atoms with Gasteiger partial charge in [-0.3, -0.25) is 0 Å². The molecule has 0 amide bonds. The van der Waals surface area contributed by atoms with Crippen molar-refractivity contribution in [1.29, 1.82) is 0 Å². The predicted molar refractivity (Wildman–Crippen MR) is 100.0 cm³/mol. The molecule has 1 aliphatic heterocycles. The van der Waals surface area contributed by atoms with Crippen LogP contribution >= 0.6 is 11.6 Å². The van der Waals surface area contributed by atoms with E-state index in [2.05, 4.69) is 0 Å². The molecule has 7 heteroatoms. The van der Waals surface area contributed by atoms with Gasteiger partial charge in [0, 0.05) is 5.02 Å². The highest BCUT2D eigenvalue weighted by molar-refractivity contribution is 6.31. The maximum absolute atomic E-state index is 10.3. The van der Waals surface area contributed by atoms with Crippen LogP contribution in [0.15, 0.2) is 42.5 Å². The molecule has 0 aliphatic carbocycles. The van der Waals surface area contributed by atoms with Crippen LogP contribution in [-0.2, 0) is 11.2 Å². The van der Waals surface area contributed by atoms with Crippen LogP contribution in [-0.4, -0.2) is 58.6 Å². The summed E-state index contributed by atoms with van der Waals surface area (Å²) in [5.41, 5.74) is 2.52. The first kappa shape index (κ1) is 20.1. The van der Waals surface area contributed by atoms with Gasteiger partial charge in [-0.15, -0.1) is 0 Å². The lowest BCUT2D eigenvalue weighted by Gasteiger charge is -2.19. The molecule has 3 rings (SSSR count). The molecule has 4 N–H and O–H groups in total. The van der Waals surface area contributed by atoms with E-state index >= 15 is 0 Å². The summed E-state index contributed by atoms with van der Waals surface area (Å²) in [5.74, 6) is 0.767. The summed E-state index contributed by atoms with van der Waals surface area (Å²) in [6.07, 6.45) is -5.09. The van der Waals surface area contributed by atoms with Crippen LogP contribution in [0, 0.1) is 0 Å². The van der Waals surface area contributed by atoms with Crippen molar-refractivity contribution in [3.8, 4) is 5.75 Å². The van der Waals surface area contributed by atoms with Crippen LogP contribution in [0.5, 0.6) is 5.75 Å². The van der Waals surface area contributed by atoms with E-state index < -0.39 is 37.1 Å². The zero-order valence-corrected chi connectivity index (χ0v) is 15.6. The van der Waals surface area contributed by atoms with Crippen LogP contribution < -0.4 is 4.74 Å². The van der Waals surface area contributed by atoms with Crippen molar-refractivity contribution in [1.82, 2.24) is 0 Å². The third-order valence-electron chi connectivity index (χ3n) is 4.82. The Balaban J connectivity index is 1.82. The molecule has 1 fully saturated rings. The van der Waals surface area contributed by atoms with E-state index in [0.29, 0.717) is 17.0 Å². The first-order valence-electron chi connectivity index (χ1n) is 8.66. The van der Waals surface area contributed by atoms with E-state index in [0.717, 1.165) is 16.9 Å². The number of aliphatic hydroxyl groups is 4. The number of benzene rings is 2. The molecule has 6 nitrogen and oxygen atoms in total. The SMILES string of the molecule is COc1ccc(Cc2cc([C@@H]3O[C@H]([C@@H](O)CO)[C@H](O)[C@H]3O)ccc2Cl)cc1. The van der Waals surface area contributed by atoms with Gasteiger partial charge in [-0.05, 0) is 41.3 Å². The minimum absolute atomic E-state index is 0.565. The average Bonchev–Trinajstić information content (AvgIpc) is 2.98. The number of rotatable bonds is 6. The fraction of sp³-hybridized carbons (Fsp3) is 0.400. The molecule has 0 aromatic heterocycles. The lowest BCUT2D eigenvalue weighted by Crippen LogP contribution is -2.40. The van der Waals surface area contributed by atoms with Gasteiger partial charge in [-0.2, -0.15) is 0 Å². The predicted octanol–water partition coefficient (Wildman–Crippen LogP) is 1.45. The minimum atomic E-state index is -1.29. The van der Waals surface area contributed by atoms with Crippen molar-refractivity contribution >= 4 is 11.6 Å². The summed E-state index contributed by atoms with van der Waals surface area (Å²) in [5, 5.41) is 39.9. The maximum atomic E-state index is 10.3. The van der Waals surface area contributed by atoms with Gasteiger partial charge in [0.05, 0.1) is 13.7 Å². The first-order valence-corrected chi connectivity index (χ1v) is 9.04. The molecule has 0 bridgehead atoms. The Morgan fingerprint density at radius 1 is 1.11 bits per heavy atom. The quantitative estimate of drug-likeness (QED) is 0.592. The summed E-state index contributed by atoms with van der Waals surface area (Å²) in [6.45, 7) is -0.565. The molecule has 0 radical (unpaired) electrons. The van der Waals surface area contributed by atoms with Crippen molar-refractivity contribution in [2.45, 2.75) is 36.9 Å². The van der Waals surface area contributed by atoms with Crippen molar-refractivity contribution in [2.24, 2.45) is 0 Å². The Morgan fingerprint density at radius 2 is 1.81 bits per heavy atom. The van der Waals surface area contributed by atoms with E-state index in [4.69, 9.17) is 26.2 Å². The summed E-state index contributed by atoms with van der Waals surface area (Å²) in [7, 11) is 1.61. The molecule has 1 aliphatic rings. The van der Waals surface area contributed by atoms with Gasteiger partial charge in [0.15, 0.2) is 0 Å². The van der Waals surface area contributed by atoms with Crippen LogP contribution in [0.1, 0.15) is 22.8 Å². The second-order valence-electron chi connectivity index (χ2n) is 6.63. The molecular weight excluding hydrogens is 372 g/mol. The van der Waals surface area contributed by atoms with Gasteiger partial charge in [-0.1, -0.05) is 35.9 Å². The highest BCUT2D eigenvalue weighted by atomic mass is 35.5. The second-order valence-corrected chi connectivity index (χ2v) is 7.04. The van der Waals surface area contributed by atoms with Gasteiger partial charge >= 0.3 is 0 Å². The van der Waals surface area contributed by atoms with Crippen molar-refractivity contribution in [3.05, 3.63) is 64.2 Å². The number of methoxy groups -OCH3 is 1. The van der Waals surface area contributed by atoms with Crippen molar-refractivity contribution in [2.75, 3.05) is 13.7 Å². The molecule has 0 unspecified atom stereocenters. The number of aliphatic hydroxyl groups excluding tert-OH is 4. The normalized spacial score (nSPS) is 26.1. The molecule has 5 atom stereocenters. The summed E-state index contributed by atoms with van der Waals surface area (Å²) < 4.78 is 10.8. The van der Waals surface area contributed by atoms with Crippen LogP contribution in [0.4, 0.5) is 0 Å². The van der Waals surface area contributed by atoms with Crippen LogP contribution in [0.25, 0.3) is 0 Å². The van der Waals surface area contributed by atoms with E-state index in [-0.39, 0.29) is 0 Å². The van der Waals surface area contributed by atoms with Crippen LogP contribution in [0.3, 0.4) is 0 Å². The molecule has 1 saturated heterocycles. The minimum Gasteiger partial charge on any atom is -0.497 e. The Morgan fingerprint density at radius 3 is 2.44 bits per heavy atom. The molecule has 2 aromatic rings. The van der Waals surface area contributed by atoms with Gasteiger partial charge in [-0.25, -0.2) is 0 Å². The highest BCUT2D eigenvalue weighted by Gasteiger charge is 2.46. The second kappa shape index (κ2) is 8.56.